The molecule has 6 nitrogen and oxygen atoms in total. The number of nitrogens with zero attached hydrogens (tertiary/aromatic N) is 1. The number of halogens is 1. The highest BCUT2D eigenvalue weighted by atomic mass is 35.5. The van der Waals surface area contributed by atoms with Crippen molar-refractivity contribution in [1.29, 1.82) is 0 Å². The molecule has 0 saturated carbocycles. The summed E-state index contributed by atoms with van der Waals surface area (Å²) in [6.07, 6.45) is 2.66. The summed E-state index contributed by atoms with van der Waals surface area (Å²) in [6.45, 7) is 1.37. The molecule has 0 unspecified atom stereocenters. The minimum atomic E-state index is -3.65. The molecule has 3 rings (SSSR count). The molecule has 2 aromatic rings. The van der Waals surface area contributed by atoms with Crippen LogP contribution in [0.25, 0.3) is 0 Å². The van der Waals surface area contributed by atoms with Crippen LogP contribution in [0, 0.1) is 0 Å². The van der Waals surface area contributed by atoms with E-state index < -0.39 is 10.0 Å². The normalized spacial score (nSPS) is 16.2. The Labute approximate surface area is 176 Å². The van der Waals surface area contributed by atoms with E-state index >= 15 is 0 Å². The van der Waals surface area contributed by atoms with Gasteiger partial charge in [0.25, 0.3) is 0 Å². The minimum Gasteiger partial charge on any atom is -0.381 e. The molecule has 1 amide bonds. The lowest BCUT2D eigenvalue weighted by Crippen LogP contribution is -2.47. The molecule has 0 bridgehead atoms. The van der Waals surface area contributed by atoms with Gasteiger partial charge in [-0.3, -0.25) is 9.10 Å². The third-order valence-corrected chi connectivity index (χ3v) is 6.62. The zero-order valence-corrected chi connectivity index (χ0v) is 17.9. The van der Waals surface area contributed by atoms with Crippen molar-refractivity contribution in [2.75, 3.05) is 36.9 Å². The topological polar surface area (TPSA) is 75.7 Å². The first-order chi connectivity index (χ1) is 13.8. The SMILES string of the molecule is CS(=O)(=O)N(CC(=O)NCC1(c2ccccc2)CCOCC1)c1cccc(Cl)c1. The van der Waals surface area contributed by atoms with E-state index in [9.17, 15) is 13.2 Å². The molecule has 1 saturated heterocycles. The molecule has 0 aromatic heterocycles. The van der Waals surface area contributed by atoms with Crippen LogP contribution in [-0.2, 0) is 25.0 Å². The van der Waals surface area contributed by atoms with E-state index in [-0.39, 0.29) is 17.9 Å². The summed E-state index contributed by atoms with van der Waals surface area (Å²) in [6, 6.07) is 16.5. The Kier molecular flexibility index (Phi) is 6.82. The van der Waals surface area contributed by atoms with Gasteiger partial charge in [-0.25, -0.2) is 8.42 Å². The Hall–Kier alpha value is -2.09. The highest BCUT2D eigenvalue weighted by Gasteiger charge is 2.35. The summed E-state index contributed by atoms with van der Waals surface area (Å²) in [5.74, 6) is -0.364. The van der Waals surface area contributed by atoms with Gasteiger partial charge in [-0.05, 0) is 36.6 Å². The molecule has 1 heterocycles. The molecule has 1 fully saturated rings. The number of amides is 1. The first-order valence-electron chi connectivity index (χ1n) is 9.43. The lowest BCUT2D eigenvalue weighted by molar-refractivity contribution is -0.120. The number of carbonyl (C=O) groups excluding carboxylic acids is 1. The standard InChI is InChI=1S/C21H25ClN2O4S/c1-29(26,27)24(19-9-5-8-18(22)14-19)15-20(25)23-16-21(10-12-28-13-11-21)17-6-3-2-4-7-17/h2-9,14H,10-13,15-16H2,1H3,(H,23,25). The van der Waals surface area contributed by atoms with E-state index in [1.807, 2.05) is 18.2 Å². The summed E-state index contributed by atoms with van der Waals surface area (Å²) >= 11 is 5.99. The Morgan fingerprint density at radius 2 is 1.83 bits per heavy atom. The Morgan fingerprint density at radius 3 is 2.45 bits per heavy atom. The van der Waals surface area contributed by atoms with E-state index in [2.05, 4.69) is 17.4 Å². The van der Waals surface area contributed by atoms with Crippen molar-refractivity contribution in [3.05, 3.63) is 65.2 Å². The quantitative estimate of drug-likeness (QED) is 0.724. The number of hydrogen-bond acceptors (Lipinski definition) is 4. The Bertz CT molecular complexity index is 944. The van der Waals surface area contributed by atoms with Gasteiger partial charge in [-0.1, -0.05) is 48.0 Å². The van der Waals surface area contributed by atoms with Crippen LogP contribution in [0.15, 0.2) is 54.6 Å². The Morgan fingerprint density at radius 1 is 1.14 bits per heavy atom. The number of carbonyl (C=O) groups is 1. The van der Waals surface area contributed by atoms with Gasteiger partial charge in [-0.2, -0.15) is 0 Å². The maximum atomic E-state index is 12.7. The van der Waals surface area contributed by atoms with Crippen LogP contribution >= 0.6 is 11.6 Å². The van der Waals surface area contributed by atoms with Crippen LogP contribution in [0.2, 0.25) is 5.02 Å². The first kappa shape index (κ1) is 21.6. The molecule has 0 atom stereocenters. The van der Waals surface area contributed by atoms with E-state index in [1.165, 1.54) is 6.07 Å². The van der Waals surface area contributed by atoms with E-state index in [0.717, 1.165) is 29.0 Å². The third kappa shape index (κ3) is 5.50. The summed E-state index contributed by atoms with van der Waals surface area (Å²) in [5, 5.41) is 3.35. The number of hydrogen-bond donors (Lipinski definition) is 1. The van der Waals surface area contributed by atoms with Crippen LogP contribution in [-0.4, -0.2) is 46.9 Å². The zero-order valence-electron chi connectivity index (χ0n) is 16.3. The number of anilines is 1. The van der Waals surface area contributed by atoms with Gasteiger partial charge in [0.05, 0.1) is 11.9 Å². The molecule has 2 aromatic carbocycles. The highest BCUT2D eigenvalue weighted by Crippen LogP contribution is 2.34. The molecular weight excluding hydrogens is 412 g/mol. The first-order valence-corrected chi connectivity index (χ1v) is 11.7. The summed E-state index contributed by atoms with van der Waals surface area (Å²) in [7, 11) is -3.65. The van der Waals surface area contributed by atoms with Gasteiger partial charge in [0.15, 0.2) is 0 Å². The molecule has 1 aliphatic heterocycles. The molecule has 29 heavy (non-hydrogen) atoms. The molecule has 1 N–H and O–H groups in total. The van der Waals surface area contributed by atoms with Crippen molar-refractivity contribution in [2.24, 2.45) is 0 Å². The van der Waals surface area contributed by atoms with Crippen LogP contribution in [0.3, 0.4) is 0 Å². The van der Waals surface area contributed by atoms with Gasteiger partial charge >= 0.3 is 0 Å². The number of sulfonamides is 1. The van der Waals surface area contributed by atoms with Crippen molar-refractivity contribution in [3.8, 4) is 0 Å². The van der Waals surface area contributed by atoms with Gasteiger partial charge < -0.3 is 10.1 Å². The smallest absolute Gasteiger partial charge is 0.240 e. The molecule has 0 aliphatic carbocycles. The fourth-order valence-electron chi connectivity index (χ4n) is 3.61. The summed E-state index contributed by atoms with van der Waals surface area (Å²) < 4.78 is 31.1. The summed E-state index contributed by atoms with van der Waals surface area (Å²) in [4.78, 5) is 12.7. The van der Waals surface area contributed by atoms with Crippen molar-refractivity contribution in [3.63, 3.8) is 0 Å². The average molecular weight is 437 g/mol. The van der Waals surface area contributed by atoms with Crippen molar-refractivity contribution in [1.82, 2.24) is 5.32 Å². The van der Waals surface area contributed by atoms with Crippen LogP contribution in [0.5, 0.6) is 0 Å². The number of rotatable bonds is 7. The number of benzene rings is 2. The maximum absolute atomic E-state index is 12.7. The van der Waals surface area contributed by atoms with Crippen LogP contribution in [0.4, 0.5) is 5.69 Å². The lowest BCUT2D eigenvalue weighted by Gasteiger charge is -2.38. The van der Waals surface area contributed by atoms with E-state index in [1.54, 1.807) is 18.2 Å². The zero-order chi connectivity index (χ0) is 20.9. The molecule has 0 radical (unpaired) electrons. The van der Waals surface area contributed by atoms with Gasteiger partial charge in [0.1, 0.15) is 6.54 Å². The van der Waals surface area contributed by atoms with E-state index in [0.29, 0.717) is 30.5 Å². The predicted octanol–water partition coefficient (Wildman–Crippen LogP) is 2.97. The van der Waals surface area contributed by atoms with Crippen LogP contribution < -0.4 is 9.62 Å². The van der Waals surface area contributed by atoms with Gasteiger partial charge in [0.2, 0.25) is 15.9 Å². The maximum Gasteiger partial charge on any atom is 0.240 e. The largest absolute Gasteiger partial charge is 0.381 e. The highest BCUT2D eigenvalue weighted by molar-refractivity contribution is 7.92. The van der Waals surface area contributed by atoms with E-state index in [4.69, 9.17) is 16.3 Å². The Balaban J connectivity index is 1.74. The average Bonchev–Trinajstić information content (AvgIpc) is 2.71. The summed E-state index contributed by atoms with van der Waals surface area (Å²) in [5.41, 5.74) is 1.29. The van der Waals surface area contributed by atoms with Gasteiger partial charge in [-0.15, -0.1) is 0 Å². The minimum absolute atomic E-state index is 0.221. The van der Waals surface area contributed by atoms with Crippen molar-refractivity contribution in [2.45, 2.75) is 18.3 Å². The molecule has 0 spiro atoms. The van der Waals surface area contributed by atoms with Crippen molar-refractivity contribution < 1.29 is 17.9 Å². The van der Waals surface area contributed by atoms with Gasteiger partial charge in [0, 0.05) is 30.2 Å². The third-order valence-electron chi connectivity index (χ3n) is 5.24. The number of ether oxygens (including phenoxy) is 1. The lowest BCUT2D eigenvalue weighted by atomic mass is 9.74. The molecule has 8 heteroatoms. The fraction of sp³-hybridized carbons (Fsp3) is 0.381. The number of nitrogens with one attached hydrogen (secondary N) is 1. The fourth-order valence-corrected chi connectivity index (χ4v) is 4.64. The second kappa shape index (κ2) is 9.15. The monoisotopic (exact) mass is 436 g/mol. The molecule has 1 aliphatic rings. The predicted molar refractivity (Wildman–Crippen MR) is 115 cm³/mol. The molecule has 156 valence electrons. The van der Waals surface area contributed by atoms with Crippen LogP contribution in [0.1, 0.15) is 18.4 Å². The second-order valence-corrected chi connectivity index (χ2v) is 9.63. The molecular formula is C21H25ClN2O4S. The van der Waals surface area contributed by atoms with Crippen molar-refractivity contribution >= 4 is 33.2 Å². The second-order valence-electron chi connectivity index (χ2n) is 7.28.